The summed E-state index contributed by atoms with van der Waals surface area (Å²) in [4.78, 5) is 20.7. The van der Waals surface area contributed by atoms with E-state index in [0.29, 0.717) is 27.8 Å². The lowest BCUT2D eigenvalue weighted by Gasteiger charge is -2.03. The van der Waals surface area contributed by atoms with Crippen molar-refractivity contribution >= 4 is 40.5 Å². The minimum Gasteiger partial charge on any atom is -0.434 e. The molecular formula is C21H14ClN3O2. The summed E-state index contributed by atoms with van der Waals surface area (Å²) in [5.41, 5.74) is 3.46. The SMILES string of the molecule is O=C(C=Cc1ccc(Cl)cc1)Nc1cccc(-c2nc3ncccc3o2)c1. The maximum Gasteiger partial charge on any atom is 0.248 e. The Balaban J connectivity index is 1.50. The number of carbonyl (C=O) groups excluding carboxylic acids is 1. The van der Waals surface area contributed by atoms with Crippen molar-refractivity contribution in [2.45, 2.75) is 0 Å². The van der Waals surface area contributed by atoms with Crippen molar-refractivity contribution in [2.24, 2.45) is 0 Å². The molecule has 0 saturated heterocycles. The molecule has 4 aromatic rings. The van der Waals surface area contributed by atoms with Crippen molar-refractivity contribution in [3.8, 4) is 11.5 Å². The standard InChI is InChI=1S/C21H14ClN3O2/c22-16-9-6-14(7-10-16)8-11-19(26)24-17-4-1-3-15(13-17)21-25-20-18(27-21)5-2-12-23-20/h1-13H,(H,24,26). The number of fused-ring (bicyclic) bond motifs is 1. The molecule has 0 saturated carbocycles. The van der Waals surface area contributed by atoms with Crippen LogP contribution in [-0.2, 0) is 4.79 Å². The summed E-state index contributed by atoms with van der Waals surface area (Å²) in [6.07, 6.45) is 4.86. The number of oxazole rings is 1. The molecule has 0 aliphatic heterocycles. The van der Waals surface area contributed by atoms with Gasteiger partial charge in [-0.2, -0.15) is 4.98 Å². The van der Waals surface area contributed by atoms with E-state index in [1.165, 1.54) is 6.08 Å². The van der Waals surface area contributed by atoms with Crippen LogP contribution >= 0.6 is 11.6 Å². The van der Waals surface area contributed by atoms with Gasteiger partial charge in [-0.3, -0.25) is 4.79 Å². The van der Waals surface area contributed by atoms with Crippen LogP contribution in [0.3, 0.4) is 0 Å². The Bertz CT molecular complexity index is 1100. The number of benzene rings is 2. The first kappa shape index (κ1) is 17.0. The first-order chi connectivity index (χ1) is 13.2. The molecule has 0 radical (unpaired) electrons. The highest BCUT2D eigenvalue weighted by Crippen LogP contribution is 2.25. The first-order valence-electron chi connectivity index (χ1n) is 8.24. The van der Waals surface area contributed by atoms with Crippen LogP contribution < -0.4 is 5.32 Å². The third-order valence-electron chi connectivity index (χ3n) is 3.84. The minimum absolute atomic E-state index is 0.235. The zero-order valence-corrected chi connectivity index (χ0v) is 14.9. The van der Waals surface area contributed by atoms with Crippen LogP contribution in [0, 0.1) is 0 Å². The molecule has 0 bridgehead atoms. The van der Waals surface area contributed by atoms with Crippen molar-refractivity contribution < 1.29 is 9.21 Å². The van der Waals surface area contributed by atoms with E-state index in [0.717, 1.165) is 11.1 Å². The first-order valence-corrected chi connectivity index (χ1v) is 8.62. The molecule has 4 rings (SSSR count). The van der Waals surface area contributed by atoms with E-state index in [-0.39, 0.29) is 5.91 Å². The summed E-state index contributed by atoms with van der Waals surface area (Å²) in [5, 5.41) is 3.49. The number of hydrogen-bond acceptors (Lipinski definition) is 4. The van der Waals surface area contributed by atoms with Crippen molar-refractivity contribution in [3.63, 3.8) is 0 Å². The Morgan fingerprint density at radius 2 is 1.93 bits per heavy atom. The monoisotopic (exact) mass is 375 g/mol. The molecule has 1 amide bonds. The lowest BCUT2D eigenvalue weighted by molar-refractivity contribution is -0.111. The molecule has 6 heteroatoms. The zero-order chi connectivity index (χ0) is 18.6. The number of rotatable bonds is 4. The van der Waals surface area contributed by atoms with Crippen LogP contribution in [0.4, 0.5) is 5.69 Å². The normalized spacial score (nSPS) is 11.1. The average molecular weight is 376 g/mol. The molecule has 0 unspecified atom stereocenters. The number of anilines is 1. The van der Waals surface area contributed by atoms with Crippen LogP contribution in [0.25, 0.3) is 28.8 Å². The van der Waals surface area contributed by atoms with Crippen molar-refractivity contribution in [2.75, 3.05) is 5.32 Å². The van der Waals surface area contributed by atoms with Gasteiger partial charge in [0.2, 0.25) is 11.8 Å². The summed E-state index contributed by atoms with van der Waals surface area (Å²) in [6, 6.07) is 18.1. The fraction of sp³-hybridized carbons (Fsp3) is 0. The molecule has 0 atom stereocenters. The molecule has 2 aromatic heterocycles. The summed E-state index contributed by atoms with van der Waals surface area (Å²) in [7, 11) is 0. The Labute approximate surface area is 160 Å². The Kier molecular flexibility index (Phi) is 4.68. The summed E-state index contributed by atoms with van der Waals surface area (Å²) >= 11 is 5.85. The second-order valence-electron chi connectivity index (χ2n) is 5.80. The quantitative estimate of drug-likeness (QED) is 0.498. The highest BCUT2D eigenvalue weighted by Gasteiger charge is 2.09. The Morgan fingerprint density at radius 1 is 1.07 bits per heavy atom. The van der Waals surface area contributed by atoms with E-state index in [1.54, 1.807) is 42.6 Å². The largest absolute Gasteiger partial charge is 0.434 e. The van der Waals surface area contributed by atoms with Crippen LogP contribution in [0.15, 0.2) is 77.4 Å². The van der Waals surface area contributed by atoms with Crippen LogP contribution in [-0.4, -0.2) is 15.9 Å². The van der Waals surface area contributed by atoms with Crippen molar-refractivity contribution in [1.82, 2.24) is 9.97 Å². The topological polar surface area (TPSA) is 68.0 Å². The fourth-order valence-corrected chi connectivity index (χ4v) is 2.68. The van der Waals surface area contributed by atoms with E-state index < -0.39 is 0 Å². The predicted molar refractivity (Wildman–Crippen MR) is 106 cm³/mol. The van der Waals surface area contributed by atoms with E-state index in [4.69, 9.17) is 16.0 Å². The zero-order valence-electron chi connectivity index (χ0n) is 14.1. The molecule has 5 nitrogen and oxygen atoms in total. The number of nitrogens with one attached hydrogen (secondary N) is 1. The number of carbonyl (C=O) groups is 1. The van der Waals surface area contributed by atoms with Crippen LogP contribution in [0.2, 0.25) is 5.02 Å². The van der Waals surface area contributed by atoms with E-state index in [9.17, 15) is 4.79 Å². The van der Waals surface area contributed by atoms with Gasteiger partial charge in [0.15, 0.2) is 11.2 Å². The number of halogens is 1. The maximum absolute atomic E-state index is 12.2. The van der Waals surface area contributed by atoms with Crippen LogP contribution in [0.1, 0.15) is 5.56 Å². The second-order valence-corrected chi connectivity index (χ2v) is 6.24. The number of hydrogen-bond donors (Lipinski definition) is 1. The number of nitrogens with zero attached hydrogens (tertiary/aromatic N) is 2. The molecule has 2 aromatic carbocycles. The van der Waals surface area contributed by atoms with Gasteiger partial charge in [-0.15, -0.1) is 0 Å². The summed E-state index contributed by atoms with van der Waals surface area (Å²) < 4.78 is 5.72. The van der Waals surface area contributed by atoms with Gasteiger partial charge in [0.25, 0.3) is 0 Å². The maximum atomic E-state index is 12.2. The number of aromatic nitrogens is 2. The second kappa shape index (κ2) is 7.43. The Hall–Kier alpha value is -3.44. The highest BCUT2D eigenvalue weighted by molar-refractivity contribution is 6.30. The fourth-order valence-electron chi connectivity index (χ4n) is 2.55. The molecule has 0 aliphatic rings. The third kappa shape index (κ3) is 4.04. The van der Waals surface area contributed by atoms with Gasteiger partial charge < -0.3 is 9.73 Å². The predicted octanol–water partition coefficient (Wildman–Crippen LogP) is 5.20. The van der Waals surface area contributed by atoms with Gasteiger partial charge in [0, 0.05) is 28.5 Å². The molecule has 0 spiro atoms. The molecule has 0 aliphatic carbocycles. The number of amides is 1. The lowest BCUT2D eigenvalue weighted by atomic mass is 10.2. The van der Waals surface area contributed by atoms with Gasteiger partial charge in [-0.1, -0.05) is 29.8 Å². The molecule has 2 heterocycles. The van der Waals surface area contributed by atoms with Gasteiger partial charge in [0.1, 0.15) is 0 Å². The van der Waals surface area contributed by atoms with Crippen molar-refractivity contribution in [1.29, 1.82) is 0 Å². The summed E-state index contributed by atoms with van der Waals surface area (Å²) in [5.74, 6) is 0.220. The highest BCUT2D eigenvalue weighted by atomic mass is 35.5. The van der Waals surface area contributed by atoms with E-state index in [1.807, 2.05) is 30.3 Å². The van der Waals surface area contributed by atoms with Gasteiger partial charge >= 0.3 is 0 Å². The smallest absolute Gasteiger partial charge is 0.248 e. The average Bonchev–Trinajstić information content (AvgIpc) is 3.12. The molecule has 132 valence electrons. The lowest BCUT2D eigenvalue weighted by Crippen LogP contribution is -2.07. The Morgan fingerprint density at radius 3 is 2.74 bits per heavy atom. The molecule has 1 N–H and O–H groups in total. The minimum atomic E-state index is -0.235. The third-order valence-corrected chi connectivity index (χ3v) is 4.09. The van der Waals surface area contributed by atoms with Crippen LogP contribution in [0.5, 0.6) is 0 Å². The van der Waals surface area contributed by atoms with E-state index in [2.05, 4.69) is 15.3 Å². The van der Waals surface area contributed by atoms with Gasteiger partial charge in [-0.25, -0.2) is 4.98 Å². The molecule has 27 heavy (non-hydrogen) atoms. The van der Waals surface area contributed by atoms with Crippen molar-refractivity contribution in [3.05, 3.63) is 83.5 Å². The van der Waals surface area contributed by atoms with Gasteiger partial charge in [0.05, 0.1) is 0 Å². The number of pyridine rings is 1. The summed E-state index contributed by atoms with van der Waals surface area (Å²) in [6.45, 7) is 0. The van der Waals surface area contributed by atoms with Gasteiger partial charge in [-0.05, 0) is 54.1 Å². The molecular weight excluding hydrogens is 362 g/mol. The molecule has 0 fully saturated rings. The van der Waals surface area contributed by atoms with E-state index >= 15 is 0 Å².